The molecule has 11 heteroatoms. The largest absolute Gasteiger partial charge is 0.382 e. The first-order chi connectivity index (χ1) is 15.8. The predicted octanol–water partition coefficient (Wildman–Crippen LogP) is 2.02. The molecular formula is C22H26FN9O. The Hall–Kier alpha value is -3.31. The Morgan fingerprint density at radius 1 is 1.15 bits per heavy atom. The van der Waals surface area contributed by atoms with Crippen LogP contribution >= 0.6 is 0 Å². The summed E-state index contributed by atoms with van der Waals surface area (Å²) in [6.07, 6.45) is 5.99. The SMILES string of the molecule is CC1(N2CC[C@@H](Nc3nc(N)c4c(-c5ccn6nccc6n5)ccn4n3)[C@@](C)(F)C2)COC1. The summed E-state index contributed by atoms with van der Waals surface area (Å²) in [7, 11) is 0. The van der Waals surface area contributed by atoms with Gasteiger partial charge >= 0.3 is 0 Å². The fourth-order valence-electron chi connectivity index (χ4n) is 4.85. The van der Waals surface area contributed by atoms with Crippen LogP contribution in [0.3, 0.4) is 0 Å². The van der Waals surface area contributed by atoms with Crippen molar-refractivity contribution in [1.82, 2.24) is 34.1 Å². The van der Waals surface area contributed by atoms with E-state index < -0.39 is 11.7 Å². The molecule has 4 aromatic rings. The summed E-state index contributed by atoms with van der Waals surface area (Å²) in [4.78, 5) is 11.3. The summed E-state index contributed by atoms with van der Waals surface area (Å²) in [5.41, 5.74) is 7.78. The van der Waals surface area contributed by atoms with E-state index in [0.29, 0.717) is 43.5 Å². The van der Waals surface area contributed by atoms with Crippen molar-refractivity contribution in [2.75, 3.05) is 37.4 Å². The number of halogens is 1. The third-order valence-corrected chi connectivity index (χ3v) is 6.88. The molecule has 6 heterocycles. The zero-order chi connectivity index (χ0) is 22.8. The molecule has 0 aromatic carbocycles. The maximum Gasteiger partial charge on any atom is 0.243 e. The smallest absolute Gasteiger partial charge is 0.243 e. The number of nitrogen functional groups attached to an aromatic ring is 1. The van der Waals surface area contributed by atoms with E-state index in [-0.39, 0.29) is 5.54 Å². The number of anilines is 2. The highest BCUT2D eigenvalue weighted by Gasteiger charge is 2.48. The number of nitrogens with one attached hydrogen (secondary N) is 1. The lowest BCUT2D eigenvalue weighted by Gasteiger charge is -2.52. The molecule has 10 nitrogen and oxygen atoms in total. The minimum absolute atomic E-state index is 0.0757. The Labute approximate surface area is 189 Å². The van der Waals surface area contributed by atoms with E-state index in [4.69, 9.17) is 10.5 Å². The quantitative estimate of drug-likeness (QED) is 0.485. The highest BCUT2D eigenvalue weighted by atomic mass is 19.1. The van der Waals surface area contributed by atoms with Gasteiger partial charge in [-0.05, 0) is 32.4 Å². The van der Waals surface area contributed by atoms with E-state index in [1.165, 1.54) is 0 Å². The molecule has 0 spiro atoms. The highest BCUT2D eigenvalue weighted by molar-refractivity contribution is 5.86. The van der Waals surface area contributed by atoms with Crippen LogP contribution < -0.4 is 11.1 Å². The fraction of sp³-hybridized carbons (Fsp3) is 0.455. The second-order valence-corrected chi connectivity index (χ2v) is 9.46. The average molecular weight is 452 g/mol. The van der Waals surface area contributed by atoms with Crippen molar-refractivity contribution in [2.24, 2.45) is 0 Å². The van der Waals surface area contributed by atoms with E-state index >= 15 is 4.39 Å². The van der Waals surface area contributed by atoms with Crippen molar-refractivity contribution in [1.29, 1.82) is 0 Å². The summed E-state index contributed by atoms with van der Waals surface area (Å²) in [6.45, 7) is 6.17. The van der Waals surface area contributed by atoms with Crippen molar-refractivity contribution >= 4 is 22.9 Å². The number of ether oxygens (including phenoxy) is 1. The first-order valence-electron chi connectivity index (χ1n) is 11.1. The van der Waals surface area contributed by atoms with Crippen molar-refractivity contribution in [3.8, 4) is 11.3 Å². The van der Waals surface area contributed by atoms with Gasteiger partial charge in [-0.1, -0.05) is 0 Å². The third kappa shape index (κ3) is 3.30. The number of likely N-dealkylation sites (tertiary alicyclic amines) is 1. The summed E-state index contributed by atoms with van der Waals surface area (Å²) in [5.74, 6) is 0.613. The molecule has 2 atom stereocenters. The van der Waals surface area contributed by atoms with Gasteiger partial charge in [0.25, 0.3) is 0 Å². The number of nitrogens with two attached hydrogens (primary N) is 1. The number of alkyl halides is 1. The molecule has 0 saturated carbocycles. The monoisotopic (exact) mass is 451 g/mol. The molecular weight excluding hydrogens is 425 g/mol. The van der Waals surface area contributed by atoms with E-state index in [1.54, 1.807) is 22.2 Å². The molecule has 33 heavy (non-hydrogen) atoms. The normalized spacial score (nSPS) is 25.4. The molecule has 0 unspecified atom stereocenters. The standard InChI is InChI=1S/C22H26FN9O/c1-21(12-33-13-21)30-8-6-16(22(2,23)11-30)27-20-28-19(24)18-14(4-9-32(18)29-20)15-5-10-31-17(26-15)3-7-25-31/h3-5,7,9-10,16H,6,8,11-13H2,1-2H3,(H3,24,27,28,29)/t16-,22+/m1/s1. The Morgan fingerprint density at radius 2 is 1.97 bits per heavy atom. The molecule has 6 rings (SSSR count). The number of nitrogens with zero attached hydrogens (tertiary/aromatic N) is 7. The van der Waals surface area contributed by atoms with Gasteiger partial charge in [0.1, 0.15) is 11.2 Å². The van der Waals surface area contributed by atoms with Crippen LogP contribution in [0.5, 0.6) is 0 Å². The maximum atomic E-state index is 15.6. The van der Waals surface area contributed by atoms with Crippen LogP contribution in [-0.2, 0) is 4.74 Å². The number of aromatic nitrogens is 6. The van der Waals surface area contributed by atoms with Gasteiger partial charge in [-0.25, -0.2) is 18.4 Å². The number of rotatable bonds is 4. The lowest BCUT2D eigenvalue weighted by molar-refractivity contribution is -0.151. The summed E-state index contributed by atoms with van der Waals surface area (Å²) in [5, 5.41) is 11.9. The second kappa shape index (κ2) is 7.09. The molecule has 0 radical (unpaired) electrons. The second-order valence-electron chi connectivity index (χ2n) is 9.46. The Morgan fingerprint density at radius 3 is 2.73 bits per heavy atom. The molecule has 4 aromatic heterocycles. The molecule has 172 valence electrons. The molecule has 0 aliphatic carbocycles. The van der Waals surface area contributed by atoms with Crippen LogP contribution in [0.2, 0.25) is 0 Å². The molecule has 2 saturated heterocycles. The molecule has 0 amide bonds. The zero-order valence-corrected chi connectivity index (χ0v) is 18.6. The lowest BCUT2D eigenvalue weighted by Crippen LogP contribution is -2.67. The minimum atomic E-state index is -1.45. The highest BCUT2D eigenvalue weighted by Crippen LogP contribution is 2.35. The predicted molar refractivity (Wildman–Crippen MR) is 122 cm³/mol. The van der Waals surface area contributed by atoms with E-state index in [2.05, 4.69) is 37.3 Å². The number of fused-ring (bicyclic) bond motifs is 2. The van der Waals surface area contributed by atoms with Gasteiger partial charge in [0.15, 0.2) is 11.5 Å². The van der Waals surface area contributed by atoms with Gasteiger partial charge < -0.3 is 15.8 Å². The molecule has 0 bridgehead atoms. The Kier molecular flexibility index (Phi) is 4.36. The van der Waals surface area contributed by atoms with Gasteiger partial charge in [-0.2, -0.15) is 10.1 Å². The van der Waals surface area contributed by atoms with Crippen LogP contribution in [0, 0.1) is 0 Å². The minimum Gasteiger partial charge on any atom is -0.382 e. The van der Waals surface area contributed by atoms with Crippen molar-refractivity contribution < 1.29 is 9.13 Å². The number of piperidine rings is 1. The molecule has 2 aliphatic heterocycles. The Balaban J connectivity index is 1.27. The van der Waals surface area contributed by atoms with Crippen LogP contribution in [0.25, 0.3) is 22.4 Å². The zero-order valence-electron chi connectivity index (χ0n) is 18.6. The molecule has 2 fully saturated rings. The first kappa shape index (κ1) is 20.3. The Bertz CT molecular complexity index is 1340. The average Bonchev–Trinajstić information content (AvgIpc) is 3.39. The summed E-state index contributed by atoms with van der Waals surface area (Å²) in [6, 6.07) is 5.19. The van der Waals surface area contributed by atoms with E-state index in [1.807, 2.05) is 30.6 Å². The van der Waals surface area contributed by atoms with Crippen LogP contribution in [0.15, 0.2) is 36.8 Å². The maximum absolute atomic E-state index is 15.6. The molecule has 3 N–H and O–H groups in total. The van der Waals surface area contributed by atoms with Crippen LogP contribution in [0.1, 0.15) is 20.3 Å². The first-order valence-corrected chi connectivity index (χ1v) is 11.1. The number of hydrogen-bond donors (Lipinski definition) is 2. The summed E-state index contributed by atoms with van der Waals surface area (Å²) < 4.78 is 24.4. The summed E-state index contributed by atoms with van der Waals surface area (Å²) >= 11 is 0. The van der Waals surface area contributed by atoms with E-state index in [0.717, 1.165) is 23.4 Å². The van der Waals surface area contributed by atoms with Crippen molar-refractivity contribution in [3.05, 3.63) is 36.8 Å². The van der Waals surface area contributed by atoms with Gasteiger partial charge in [-0.15, -0.1) is 5.10 Å². The topological polar surface area (TPSA) is 111 Å². The fourth-order valence-corrected chi connectivity index (χ4v) is 4.85. The van der Waals surface area contributed by atoms with Gasteiger partial charge in [-0.3, -0.25) is 4.90 Å². The van der Waals surface area contributed by atoms with Gasteiger partial charge in [0.05, 0.1) is 36.7 Å². The molecule has 2 aliphatic rings. The van der Waals surface area contributed by atoms with Crippen molar-refractivity contribution in [3.63, 3.8) is 0 Å². The van der Waals surface area contributed by atoms with E-state index in [9.17, 15) is 0 Å². The van der Waals surface area contributed by atoms with Crippen molar-refractivity contribution in [2.45, 2.75) is 37.5 Å². The third-order valence-electron chi connectivity index (χ3n) is 6.88. The van der Waals surface area contributed by atoms with Gasteiger partial charge in [0, 0.05) is 37.1 Å². The van der Waals surface area contributed by atoms with Gasteiger partial charge in [0.2, 0.25) is 5.95 Å². The number of hydrogen-bond acceptors (Lipinski definition) is 8. The van der Waals surface area contributed by atoms with Crippen LogP contribution in [-0.4, -0.2) is 77.6 Å². The van der Waals surface area contributed by atoms with Crippen LogP contribution in [0.4, 0.5) is 16.2 Å². The lowest BCUT2D eigenvalue weighted by atomic mass is 9.86.